The van der Waals surface area contributed by atoms with Crippen LogP contribution in [0.15, 0.2) is 48.8 Å². The standard InChI is InChI=1S/C29H29F2N5O3/c1-4-39-29(38)22-16-33-36-26(22)32-15-21(27(36)34-25-13-17(2)5-6-18(25)3)28(37)35-11-9-19(10-12-35)20-7-8-23(30)24(31)14-20/h5-8,13-16,19,34H,4,9-12H2,1-3H3. The Kier molecular flexibility index (Phi) is 7.28. The van der Waals surface area contributed by atoms with Gasteiger partial charge in [0.15, 0.2) is 17.3 Å². The van der Waals surface area contributed by atoms with E-state index in [1.54, 1.807) is 17.9 Å². The molecule has 1 N–H and O–H groups in total. The van der Waals surface area contributed by atoms with Crippen molar-refractivity contribution in [3.63, 3.8) is 0 Å². The molecule has 1 saturated heterocycles. The minimum atomic E-state index is -0.872. The number of nitrogens with zero attached hydrogens (tertiary/aromatic N) is 4. The van der Waals surface area contributed by atoms with Crippen LogP contribution in [0.5, 0.6) is 0 Å². The van der Waals surface area contributed by atoms with Gasteiger partial charge in [-0.3, -0.25) is 4.79 Å². The van der Waals surface area contributed by atoms with Crippen molar-refractivity contribution < 1.29 is 23.1 Å². The zero-order valence-electron chi connectivity index (χ0n) is 22.0. The first kappa shape index (κ1) is 26.3. The first-order chi connectivity index (χ1) is 18.8. The molecule has 0 radical (unpaired) electrons. The van der Waals surface area contributed by atoms with Gasteiger partial charge in [0.2, 0.25) is 0 Å². The highest BCUT2D eigenvalue weighted by Gasteiger charge is 2.29. The highest BCUT2D eigenvalue weighted by Crippen LogP contribution is 2.32. The number of ether oxygens (including phenoxy) is 1. The maximum absolute atomic E-state index is 13.8. The number of piperidine rings is 1. The van der Waals surface area contributed by atoms with Crippen molar-refractivity contribution in [2.75, 3.05) is 25.0 Å². The number of hydrogen-bond donors (Lipinski definition) is 1. The predicted octanol–water partition coefficient (Wildman–Crippen LogP) is 5.56. The average molecular weight is 534 g/mol. The van der Waals surface area contributed by atoms with E-state index in [1.807, 2.05) is 32.0 Å². The number of nitrogens with one attached hydrogen (secondary N) is 1. The van der Waals surface area contributed by atoms with Crippen molar-refractivity contribution in [1.82, 2.24) is 19.5 Å². The van der Waals surface area contributed by atoms with E-state index in [2.05, 4.69) is 15.4 Å². The molecule has 0 saturated carbocycles. The van der Waals surface area contributed by atoms with E-state index in [4.69, 9.17) is 4.74 Å². The minimum absolute atomic E-state index is 0.0237. The molecule has 10 heteroatoms. The van der Waals surface area contributed by atoms with Crippen LogP contribution in [-0.2, 0) is 4.74 Å². The summed E-state index contributed by atoms with van der Waals surface area (Å²) < 4.78 is 33.8. The lowest BCUT2D eigenvalue weighted by atomic mass is 9.89. The number of aromatic nitrogens is 3. The second-order valence-electron chi connectivity index (χ2n) is 9.72. The smallest absolute Gasteiger partial charge is 0.343 e. The number of fused-ring (bicyclic) bond motifs is 1. The third-order valence-corrected chi connectivity index (χ3v) is 7.10. The van der Waals surface area contributed by atoms with Crippen molar-refractivity contribution in [1.29, 1.82) is 0 Å². The van der Waals surface area contributed by atoms with Crippen molar-refractivity contribution >= 4 is 29.0 Å². The van der Waals surface area contributed by atoms with Gasteiger partial charge >= 0.3 is 5.97 Å². The number of aryl methyl sites for hydroxylation is 2. The molecule has 4 aromatic rings. The summed E-state index contributed by atoms with van der Waals surface area (Å²) in [5.74, 6) is -2.12. The number of likely N-dealkylation sites (tertiary alicyclic amines) is 1. The summed E-state index contributed by atoms with van der Waals surface area (Å²) in [6, 6.07) is 9.93. The van der Waals surface area contributed by atoms with E-state index in [0.717, 1.165) is 28.4 Å². The molecule has 1 aliphatic heterocycles. The number of anilines is 2. The zero-order chi connectivity index (χ0) is 27.7. The first-order valence-electron chi connectivity index (χ1n) is 12.9. The Morgan fingerprint density at radius 1 is 1.03 bits per heavy atom. The van der Waals surface area contributed by atoms with Gasteiger partial charge < -0.3 is 15.0 Å². The number of halogens is 2. The first-order valence-corrected chi connectivity index (χ1v) is 12.9. The Morgan fingerprint density at radius 2 is 1.79 bits per heavy atom. The second kappa shape index (κ2) is 10.8. The van der Waals surface area contributed by atoms with Gasteiger partial charge in [0.05, 0.1) is 12.8 Å². The molecule has 0 atom stereocenters. The summed E-state index contributed by atoms with van der Waals surface area (Å²) in [6.45, 7) is 6.74. The third kappa shape index (κ3) is 5.19. The highest BCUT2D eigenvalue weighted by atomic mass is 19.2. The third-order valence-electron chi connectivity index (χ3n) is 7.10. The molecule has 1 aliphatic rings. The summed E-state index contributed by atoms with van der Waals surface area (Å²) in [4.78, 5) is 32.4. The topological polar surface area (TPSA) is 88.8 Å². The summed E-state index contributed by atoms with van der Waals surface area (Å²) in [7, 11) is 0. The molecule has 1 amide bonds. The van der Waals surface area contributed by atoms with E-state index in [9.17, 15) is 18.4 Å². The number of benzene rings is 2. The number of carbonyl (C=O) groups is 2. The summed E-state index contributed by atoms with van der Waals surface area (Å²) in [5.41, 5.74) is 4.30. The van der Waals surface area contributed by atoms with E-state index >= 15 is 0 Å². The zero-order valence-corrected chi connectivity index (χ0v) is 22.0. The van der Waals surface area contributed by atoms with Gasteiger partial charge in [-0.15, -0.1) is 0 Å². The number of hydrogen-bond acceptors (Lipinski definition) is 6. The van der Waals surface area contributed by atoms with Crippen molar-refractivity contribution in [3.05, 3.63) is 88.2 Å². The van der Waals surface area contributed by atoms with E-state index in [1.165, 1.54) is 23.0 Å². The largest absolute Gasteiger partial charge is 0.462 e. The van der Waals surface area contributed by atoms with Crippen LogP contribution in [-0.4, -0.2) is 51.1 Å². The van der Waals surface area contributed by atoms with Gasteiger partial charge in [-0.2, -0.15) is 9.61 Å². The average Bonchev–Trinajstić information content (AvgIpc) is 3.37. The van der Waals surface area contributed by atoms with E-state index in [-0.39, 0.29) is 29.6 Å². The molecule has 0 unspecified atom stereocenters. The molecule has 0 aliphatic carbocycles. The van der Waals surface area contributed by atoms with Crippen LogP contribution in [0, 0.1) is 25.5 Å². The van der Waals surface area contributed by atoms with Gasteiger partial charge in [-0.25, -0.2) is 18.6 Å². The van der Waals surface area contributed by atoms with Crippen LogP contribution in [0.3, 0.4) is 0 Å². The Balaban J connectivity index is 1.47. The van der Waals surface area contributed by atoms with Crippen LogP contribution in [0.25, 0.3) is 5.65 Å². The number of amides is 1. The number of rotatable bonds is 6. The fourth-order valence-electron chi connectivity index (χ4n) is 4.91. The van der Waals surface area contributed by atoms with Crippen LogP contribution >= 0.6 is 0 Å². The van der Waals surface area contributed by atoms with Crippen LogP contribution in [0.1, 0.15) is 63.1 Å². The van der Waals surface area contributed by atoms with Crippen molar-refractivity contribution in [3.8, 4) is 0 Å². The number of carbonyl (C=O) groups excluding carboxylic acids is 2. The molecular formula is C29H29F2N5O3. The van der Waals surface area contributed by atoms with Crippen molar-refractivity contribution in [2.45, 2.75) is 39.5 Å². The Hall–Kier alpha value is -4.34. The maximum atomic E-state index is 13.8. The fourth-order valence-corrected chi connectivity index (χ4v) is 4.91. The summed E-state index contributed by atoms with van der Waals surface area (Å²) in [6.07, 6.45) is 4.06. The van der Waals surface area contributed by atoms with E-state index in [0.29, 0.717) is 37.3 Å². The molecule has 3 heterocycles. The van der Waals surface area contributed by atoms with Crippen LogP contribution in [0.2, 0.25) is 0 Å². The molecule has 202 valence electrons. The summed E-state index contributed by atoms with van der Waals surface area (Å²) in [5, 5.41) is 7.74. The SMILES string of the molecule is CCOC(=O)c1cnn2c(Nc3cc(C)ccc3C)c(C(=O)N3CCC(c4ccc(F)c(F)c4)CC3)cnc12. The van der Waals surface area contributed by atoms with E-state index < -0.39 is 17.6 Å². The fraction of sp³-hybridized carbons (Fsp3) is 0.310. The quantitative estimate of drug-likeness (QED) is 0.326. The molecule has 0 spiro atoms. The van der Waals surface area contributed by atoms with Gasteiger partial charge in [0, 0.05) is 25.0 Å². The van der Waals surface area contributed by atoms with Gasteiger partial charge in [-0.05, 0) is 74.4 Å². The van der Waals surface area contributed by atoms with Crippen molar-refractivity contribution in [2.24, 2.45) is 0 Å². The predicted molar refractivity (Wildman–Crippen MR) is 142 cm³/mol. The highest BCUT2D eigenvalue weighted by molar-refractivity contribution is 6.01. The molecule has 2 aromatic carbocycles. The van der Waals surface area contributed by atoms with Gasteiger partial charge in [0.1, 0.15) is 16.9 Å². The summed E-state index contributed by atoms with van der Waals surface area (Å²) >= 11 is 0. The lowest BCUT2D eigenvalue weighted by Crippen LogP contribution is -2.38. The minimum Gasteiger partial charge on any atom is -0.462 e. The van der Waals surface area contributed by atoms with Gasteiger partial charge in [-0.1, -0.05) is 18.2 Å². The number of esters is 1. The molecule has 2 aromatic heterocycles. The molecule has 0 bridgehead atoms. The molecule has 8 nitrogen and oxygen atoms in total. The Bertz CT molecular complexity index is 1560. The molecule has 39 heavy (non-hydrogen) atoms. The van der Waals surface area contributed by atoms with Gasteiger partial charge in [0.25, 0.3) is 5.91 Å². The van der Waals surface area contributed by atoms with Crippen LogP contribution in [0.4, 0.5) is 20.3 Å². The normalized spacial score (nSPS) is 14.0. The molecule has 1 fully saturated rings. The Morgan fingerprint density at radius 3 is 2.51 bits per heavy atom. The van der Waals surface area contributed by atoms with Crippen LogP contribution < -0.4 is 5.32 Å². The lowest BCUT2D eigenvalue weighted by Gasteiger charge is -2.32. The molecular weight excluding hydrogens is 504 g/mol. The molecule has 5 rings (SSSR count). The second-order valence-corrected chi connectivity index (χ2v) is 9.72. The Labute approximate surface area is 224 Å². The maximum Gasteiger partial charge on any atom is 0.343 e. The monoisotopic (exact) mass is 533 g/mol. The lowest BCUT2D eigenvalue weighted by molar-refractivity contribution is 0.0528.